The van der Waals surface area contributed by atoms with Gasteiger partial charge in [0.25, 0.3) is 5.69 Å². The number of nitrogens with zero attached hydrogens (tertiary/aromatic N) is 5. The van der Waals surface area contributed by atoms with Gasteiger partial charge in [-0.1, -0.05) is 6.07 Å². The van der Waals surface area contributed by atoms with Crippen LogP contribution in [0.5, 0.6) is 0 Å². The van der Waals surface area contributed by atoms with Crippen LogP contribution in [0.25, 0.3) is 10.9 Å². The van der Waals surface area contributed by atoms with Gasteiger partial charge in [0.2, 0.25) is 10.0 Å². The minimum atomic E-state index is -3.86. The highest BCUT2D eigenvalue weighted by Gasteiger charge is 2.30. The number of hydrogen-bond donors (Lipinski definition) is 0. The Labute approximate surface area is 165 Å². The van der Waals surface area contributed by atoms with E-state index in [2.05, 4.69) is 9.97 Å². The summed E-state index contributed by atoms with van der Waals surface area (Å²) >= 11 is 0. The summed E-state index contributed by atoms with van der Waals surface area (Å²) in [5.74, 6) is 0.141. The number of anilines is 1. The number of fused-ring (bicyclic) bond motifs is 1. The summed E-state index contributed by atoms with van der Waals surface area (Å²) in [4.78, 5) is 20.5. The van der Waals surface area contributed by atoms with E-state index < -0.39 is 20.8 Å². The zero-order valence-corrected chi connectivity index (χ0v) is 15.9. The van der Waals surface area contributed by atoms with Crippen LogP contribution in [0.4, 0.5) is 15.9 Å². The van der Waals surface area contributed by atoms with Gasteiger partial charge in [-0.25, -0.2) is 22.8 Å². The van der Waals surface area contributed by atoms with Gasteiger partial charge in [0.1, 0.15) is 18.0 Å². The highest BCUT2D eigenvalue weighted by atomic mass is 32.2. The Morgan fingerprint density at radius 1 is 1.03 bits per heavy atom. The van der Waals surface area contributed by atoms with Crippen LogP contribution < -0.4 is 4.90 Å². The predicted molar refractivity (Wildman–Crippen MR) is 104 cm³/mol. The van der Waals surface area contributed by atoms with Crippen molar-refractivity contribution in [2.24, 2.45) is 0 Å². The lowest BCUT2D eigenvalue weighted by Crippen LogP contribution is -2.49. The molecule has 1 aromatic heterocycles. The Hall–Kier alpha value is -3.18. The second-order valence-corrected chi connectivity index (χ2v) is 8.44. The first-order valence-corrected chi connectivity index (χ1v) is 10.2. The van der Waals surface area contributed by atoms with E-state index in [9.17, 15) is 22.9 Å². The molecule has 0 amide bonds. The van der Waals surface area contributed by atoms with Crippen LogP contribution in [0.3, 0.4) is 0 Å². The van der Waals surface area contributed by atoms with Gasteiger partial charge in [-0.3, -0.25) is 10.1 Å². The van der Waals surface area contributed by atoms with Crippen LogP contribution in [0.2, 0.25) is 0 Å². The number of nitro benzene ring substituents is 1. The molecule has 0 bridgehead atoms. The molecule has 0 radical (unpaired) electrons. The fourth-order valence-corrected chi connectivity index (χ4v) is 4.78. The number of non-ortho nitro benzene ring substituents is 1. The second-order valence-electron chi connectivity index (χ2n) is 6.50. The SMILES string of the molecule is O=[N+]([O-])c1cccc(S(=O)(=O)N2CCN(c3ncnc4ccc(F)cc34)CC2)c1. The van der Waals surface area contributed by atoms with E-state index in [0.29, 0.717) is 29.8 Å². The van der Waals surface area contributed by atoms with Crippen molar-refractivity contribution < 1.29 is 17.7 Å². The fourth-order valence-electron chi connectivity index (χ4n) is 3.31. The Morgan fingerprint density at radius 3 is 2.52 bits per heavy atom. The van der Waals surface area contributed by atoms with Gasteiger partial charge in [-0.05, 0) is 24.3 Å². The number of piperazine rings is 1. The molecule has 3 aromatic rings. The van der Waals surface area contributed by atoms with Crippen molar-refractivity contribution in [2.75, 3.05) is 31.1 Å². The third-order valence-corrected chi connectivity index (χ3v) is 6.68. The maximum atomic E-state index is 13.7. The zero-order valence-electron chi connectivity index (χ0n) is 15.1. The first kappa shape index (κ1) is 19.2. The predicted octanol–water partition coefficient (Wildman–Crippen LogP) is 2.19. The summed E-state index contributed by atoms with van der Waals surface area (Å²) in [6, 6.07) is 9.25. The molecule has 0 saturated carbocycles. The average molecular weight is 417 g/mol. The number of aromatic nitrogens is 2. The molecule has 2 aromatic carbocycles. The molecule has 1 aliphatic heterocycles. The molecule has 1 fully saturated rings. The topological polar surface area (TPSA) is 110 Å². The lowest BCUT2D eigenvalue weighted by Gasteiger charge is -2.35. The summed E-state index contributed by atoms with van der Waals surface area (Å²) in [5.41, 5.74) is 0.322. The van der Waals surface area contributed by atoms with Crippen molar-refractivity contribution in [1.82, 2.24) is 14.3 Å². The molecule has 0 unspecified atom stereocenters. The van der Waals surface area contributed by atoms with Gasteiger partial charge in [0.15, 0.2) is 0 Å². The van der Waals surface area contributed by atoms with Crippen LogP contribution in [0.15, 0.2) is 53.7 Å². The van der Waals surface area contributed by atoms with Crippen LogP contribution in [0, 0.1) is 15.9 Å². The largest absolute Gasteiger partial charge is 0.353 e. The Bertz CT molecular complexity index is 1200. The van der Waals surface area contributed by atoms with Crippen molar-refractivity contribution in [3.05, 3.63) is 64.7 Å². The van der Waals surface area contributed by atoms with E-state index in [1.54, 1.807) is 6.07 Å². The fraction of sp³-hybridized carbons (Fsp3) is 0.222. The summed E-state index contributed by atoms with van der Waals surface area (Å²) in [5, 5.41) is 11.5. The molecule has 0 atom stereocenters. The van der Waals surface area contributed by atoms with E-state index in [4.69, 9.17) is 0 Å². The van der Waals surface area contributed by atoms with E-state index in [0.717, 1.165) is 6.07 Å². The monoisotopic (exact) mass is 417 g/mol. The van der Waals surface area contributed by atoms with Crippen LogP contribution in [0.1, 0.15) is 0 Å². The zero-order chi connectivity index (χ0) is 20.6. The first-order valence-electron chi connectivity index (χ1n) is 8.76. The highest BCUT2D eigenvalue weighted by molar-refractivity contribution is 7.89. The standard InChI is InChI=1S/C18H16FN5O4S/c19-13-4-5-17-16(10-13)18(21-12-20-17)22-6-8-23(9-7-22)29(27,28)15-3-1-2-14(11-15)24(25)26/h1-5,10-12H,6-9H2. The molecule has 0 aliphatic carbocycles. The number of hydrogen-bond acceptors (Lipinski definition) is 7. The molecule has 0 spiro atoms. The van der Waals surface area contributed by atoms with E-state index in [1.165, 1.54) is 41.0 Å². The molecule has 11 heteroatoms. The Balaban J connectivity index is 1.56. The van der Waals surface area contributed by atoms with Crippen LogP contribution in [-0.2, 0) is 10.0 Å². The third kappa shape index (κ3) is 3.61. The smallest absolute Gasteiger partial charge is 0.270 e. The normalized spacial score (nSPS) is 15.6. The van der Waals surface area contributed by atoms with E-state index in [-0.39, 0.29) is 23.7 Å². The number of halogens is 1. The van der Waals surface area contributed by atoms with Crippen molar-refractivity contribution in [1.29, 1.82) is 0 Å². The average Bonchev–Trinajstić information content (AvgIpc) is 2.73. The number of sulfonamides is 1. The van der Waals surface area contributed by atoms with Gasteiger partial charge < -0.3 is 4.90 Å². The Kier molecular flexibility index (Phi) is 4.84. The molecule has 0 N–H and O–H groups in total. The third-order valence-electron chi connectivity index (χ3n) is 4.78. The molecule has 4 rings (SSSR count). The van der Waals surface area contributed by atoms with E-state index in [1.807, 2.05) is 4.90 Å². The van der Waals surface area contributed by atoms with Crippen molar-refractivity contribution in [3.8, 4) is 0 Å². The lowest BCUT2D eigenvalue weighted by atomic mass is 10.2. The maximum Gasteiger partial charge on any atom is 0.270 e. The van der Waals surface area contributed by atoms with E-state index >= 15 is 0 Å². The number of nitro groups is 1. The Morgan fingerprint density at radius 2 is 1.79 bits per heavy atom. The first-order chi connectivity index (χ1) is 13.9. The minimum Gasteiger partial charge on any atom is -0.353 e. The molecule has 1 aliphatic rings. The molecule has 150 valence electrons. The summed E-state index contributed by atoms with van der Waals surface area (Å²) in [7, 11) is -3.86. The minimum absolute atomic E-state index is 0.116. The molecular formula is C18H16FN5O4S. The second kappa shape index (κ2) is 7.33. The quantitative estimate of drug-likeness (QED) is 0.473. The summed E-state index contributed by atoms with van der Waals surface area (Å²) < 4.78 is 40.7. The van der Waals surface area contributed by atoms with Gasteiger partial charge >= 0.3 is 0 Å². The maximum absolute atomic E-state index is 13.7. The van der Waals surface area contributed by atoms with Crippen molar-refractivity contribution >= 4 is 32.4 Å². The highest BCUT2D eigenvalue weighted by Crippen LogP contribution is 2.27. The molecule has 1 saturated heterocycles. The summed E-state index contributed by atoms with van der Waals surface area (Å²) in [6.07, 6.45) is 1.39. The van der Waals surface area contributed by atoms with Gasteiger partial charge in [0, 0.05) is 43.7 Å². The van der Waals surface area contributed by atoms with Crippen molar-refractivity contribution in [3.63, 3.8) is 0 Å². The van der Waals surface area contributed by atoms with Gasteiger partial charge in [-0.15, -0.1) is 0 Å². The number of rotatable bonds is 4. The van der Waals surface area contributed by atoms with Crippen LogP contribution >= 0.6 is 0 Å². The number of benzene rings is 2. The van der Waals surface area contributed by atoms with Gasteiger partial charge in [-0.2, -0.15) is 4.31 Å². The molecular weight excluding hydrogens is 401 g/mol. The van der Waals surface area contributed by atoms with Crippen molar-refractivity contribution in [2.45, 2.75) is 4.90 Å². The van der Waals surface area contributed by atoms with Crippen LogP contribution in [-0.4, -0.2) is 53.8 Å². The molecule has 2 heterocycles. The summed E-state index contributed by atoms with van der Waals surface area (Å²) in [6.45, 7) is 1.03. The lowest BCUT2D eigenvalue weighted by molar-refractivity contribution is -0.385. The molecule has 29 heavy (non-hydrogen) atoms. The molecule has 9 nitrogen and oxygen atoms in total. The van der Waals surface area contributed by atoms with Gasteiger partial charge in [0.05, 0.1) is 15.3 Å².